The van der Waals surface area contributed by atoms with E-state index in [0.29, 0.717) is 16.8 Å². The molecule has 0 aliphatic carbocycles. The molecule has 4 nitrogen and oxygen atoms in total. The standard InChI is InChI=1S/C14H7FN2O2S/c15-9-2-1-8-5-12(19-13(18)10(8)6-9)11-7-17-3-4-20-14(17)16-11/h1-7H. The third-order valence-corrected chi connectivity index (χ3v) is 3.84. The highest BCUT2D eigenvalue weighted by Crippen LogP contribution is 2.23. The molecule has 0 saturated heterocycles. The van der Waals surface area contributed by atoms with Gasteiger partial charge in [0.1, 0.15) is 11.5 Å². The number of hydrogen-bond acceptors (Lipinski definition) is 4. The highest BCUT2D eigenvalue weighted by Gasteiger charge is 2.11. The van der Waals surface area contributed by atoms with E-state index in [-0.39, 0.29) is 5.39 Å². The maximum Gasteiger partial charge on any atom is 0.344 e. The molecule has 0 radical (unpaired) electrons. The number of halogens is 1. The molecule has 0 saturated carbocycles. The maximum absolute atomic E-state index is 13.1. The highest BCUT2D eigenvalue weighted by molar-refractivity contribution is 7.15. The molecule has 3 aromatic heterocycles. The molecule has 1 aromatic carbocycles. The van der Waals surface area contributed by atoms with Crippen molar-refractivity contribution in [1.82, 2.24) is 9.38 Å². The van der Waals surface area contributed by atoms with Gasteiger partial charge in [0.2, 0.25) is 0 Å². The van der Waals surface area contributed by atoms with E-state index in [1.807, 2.05) is 16.0 Å². The Morgan fingerprint density at radius 1 is 1.30 bits per heavy atom. The Morgan fingerprint density at radius 3 is 3.05 bits per heavy atom. The van der Waals surface area contributed by atoms with E-state index in [9.17, 15) is 9.18 Å². The average molecular weight is 286 g/mol. The molecule has 4 aromatic rings. The van der Waals surface area contributed by atoms with E-state index < -0.39 is 11.4 Å². The minimum atomic E-state index is -0.562. The Hall–Kier alpha value is -2.47. The summed E-state index contributed by atoms with van der Waals surface area (Å²) in [7, 11) is 0. The van der Waals surface area contributed by atoms with E-state index in [2.05, 4.69) is 4.98 Å². The van der Waals surface area contributed by atoms with Crippen LogP contribution >= 0.6 is 11.3 Å². The van der Waals surface area contributed by atoms with E-state index in [1.165, 1.54) is 23.5 Å². The van der Waals surface area contributed by atoms with Gasteiger partial charge in [-0.3, -0.25) is 4.40 Å². The number of imidazole rings is 1. The van der Waals surface area contributed by atoms with Gasteiger partial charge in [0.05, 0.1) is 5.39 Å². The molecule has 4 rings (SSSR count). The van der Waals surface area contributed by atoms with E-state index in [0.717, 1.165) is 4.96 Å². The Kier molecular flexibility index (Phi) is 2.28. The Labute approximate surface area is 115 Å². The van der Waals surface area contributed by atoms with Gasteiger partial charge < -0.3 is 4.42 Å². The van der Waals surface area contributed by atoms with Crippen LogP contribution < -0.4 is 5.63 Å². The van der Waals surface area contributed by atoms with Gasteiger partial charge in [0.15, 0.2) is 10.7 Å². The van der Waals surface area contributed by atoms with Crippen LogP contribution in [0.2, 0.25) is 0 Å². The molecule has 0 atom stereocenters. The molecular weight excluding hydrogens is 279 g/mol. The first kappa shape index (κ1) is 11.4. The fourth-order valence-electron chi connectivity index (χ4n) is 2.13. The average Bonchev–Trinajstić information content (AvgIpc) is 3.00. The van der Waals surface area contributed by atoms with E-state index in [4.69, 9.17) is 4.42 Å². The van der Waals surface area contributed by atoms with Crippen molar-refractivity contribution in [2.24, 2.45) is 0 Å². The fourth-order valence-corrected chi connectivity index (χ4v) is 2.83. The molecule has 98 valence electrons. The SMILES string of the molecule is O=c1oc(-c2cn3ccsc3n2)cc2ccc(F)cc12. The molecule has 0 aliphatic heterocycles. The number of fused-ring (bicyclic) bond motifs is 2. The van der Waals surface area contributed by atoms with Crippen LogP contribution in [-0.4, -0.2) is 9.38 Å². The van der Waals surface area contributed by atoms with Crippen LogP contribution in [0.15, 0.2) is 51.3 Å². The van der Waals surface area contributed by atoms with Crippen molar-refractivity contribution in [3.05, 3.63) is 58.3 Å². The lowest BCUT2D eigenvalue weighted by molar-refractivity contribution is 0.532. The summed E-state index contributed by atoms with van der Waals surface area (Å²) in [4.78, 5) is 17.1. The summed E-state index contributed by atoms with van der Waals surface area (Å²) < 4.78 is 20.2. The molecule has 0 fully saturated rings. The van der Waals surface area contributed by atoms with Gasteiger partial charge in [-0.1, -0.05) is 6.07 Å². The molecule has 3 heterocycles. The lowest BCUT2D eigenvalue weighted by Gasteiger charge is -1.99. The van der Waals surface area contributed by atoms with Crippen LogP contribution in [0, 0.1) is 5.82 Å². The van der Waals surface area contributed by atoms with Crippen molar-refractivity contribution in [3.63, 3.8) is 0 Å². The summed E-state index contributed by atoms with van der Waals surface area (Å²) in [6.07, 6.45) is 3.67. The zero-order chi connectivity index (χ0) is 13.7. The second kappa shape index (κ2) is 4.01. The van der Waals surface area contributed by atoms with Crippen molar-refractivity contribution in [3.8, 4) is 11.5 Å². The van der Waals surface area contributed by atoms with Crippen molar-refractivity contribution in [2.45, 2.75) is 0 Å². The highest BCUT2D eigenvalue weighted by atomic mass is 32.1. The van der Waals surface area contributed by atoms with Gasteiger partial charge in [0.25, 0.3) is 0 Å². The predicted octanol–water partition coefficient (Wildman–Crippen LogP) is 3.31. The van der Waals surface area contributed by atoms with Crippen LogP contribution in [0.25, 0.3) is 27.2 Å². The smallest absolute Gasteiger partial charge is 0.344 e. The topological polar surface area (TPSA) is 47.5 Å². The van der Waals surface area contributed by atoms with Gasteiger partial charge in [-0.25, -0.2) is 14.2 Å². The molecule has 0 amide bonds. The molecule has 0 spiro atoms. The van der Waals surface area contributed by atoms with Gasteiger partial charge in [-0.15, -0.1) is 11.3 Å². The first-order chi connectivity index (χ1) is 9.70. The van der Waals surface area contributed by atoms with Gasteiger partial charge in [0, 0.05) is 17.8 Å². The van der Waals surface area contributed by atoms with Crippen molar-refractivity contribution in [2.75, 3.05) is 0 Å². The normalized spacial score (nSPS) is 11.4. The summed E-state index contributed by atoms with van der Waals surface area (Å²) in [5.74, 6) is -0.0786. The van der Waals surface area contributed by atoms with Gasteiger partial charge in [-0.05, 0) is 23.6 Å². The maximum atomic E-state index is 13.1. The first-order valence-electron chi connectivity index (χ1n) is 5.87. The number of aromatic nitrogens is 2. The quantitative estimate of drug-likeness (QED) is 0.539. The van der Waals surface area contributed by atoms with Gasteiger partial charge in [-0.2, -0.15) is 0 Å². The Bertz CT molecular complexity index is 971. The summed E-state index contributed by atoms with van der Waals surface area (Å²) in [6, 6.07) is 5.75. The number of rotatable bonds is 1. The number of thiazole rings is 1. The van der Waals surface area contributed by atoms with Crippen LogP contribution in [0.5, 0.6) is 0 Å². The minimum Gasteiger partial charge on any atom is -0.421 e. The number of benzene rings is 1. The second-order valence-electron chi connectivity index (χ2n) is 4.35. The van der Waals surface area contributed by atoms with E-state index in [1.54, 1.807) is 18.3 Å². The zero-order valence-electron chi connectivity index (χ0n) is 10.0. The number of hydrogen-bond donors (Lipinski definition) is 0. The molecule has 20 heavy (non-hydrogen) atoms. The lowest BCUT2D eigenvalue weighted by Crippen LogP contribution is -2.00. The zero-order valence-corrected chi connectivity index (χ0v) is 10.9. The van der Waals surface area contributed by atoms with Crippen molar-refractivity contribution < 1.29 is 8.81 Å². The summed E-state index contributed by atoms with van der Waals surface area (Å²) in [6.45, 7) is 0. The van der Waals surface area contributed by atoms with E-state index >= 15 is 0 Å². The Morgan fingerprint density at radius 2 is 2.20 bits per heavy atom. The monoisotopic (exact) mass is 286 g/mol. The molecule has 0 bridgehead atoms. The van der Waals surface area contributed by atoms with Gasteiger partial charge >= 0.3 is 5.63 Å². The van der Waals surface area contributed by atoms with Crippen molar-refractivity contribution in [1.29, 1.82) is 0 Å². The molecule has 6 heteroatoms. The first-order valence-corrected chi connectivity index (χ1v) is 6.75. The largest absolute Gasteiger partial charge is 0.421 e. The number of nitrogens with zero attached hydrogens (tertiary/aromatic N) is 2. The van der Waals surface area contributed by atoms with Crippen LogP contribution in [-0.2, 0) is 0 Å². The third-order valence-electron chi connectivity index (χ3n) is 3.07. The van der Waals surface area contributed by atoms with Crippen LogP contribution in [0.3, 0.4) is 0 Å². The summed E-state index contributed by atoms with van der Waals surface area (Å²) in [5, 5.41) is 2.79. The summed E-state index contributed by atoms with van der Waals surface area (Å²) in [5.41, 5.74) is 0.0218. The Balaban J connectivity index is 1.98. The minimum absolute atomic E-state index is 0.231. The van der Waals surface area contributed by atoms with Crippen LogP contribution in [0.4, 0.5) is 4.39 Å². The summed E-state index contributed by atoms with van der Waals surface area (Å²) >= 11 is 1.50. The molecular formula is C14H7FN2O2S. The molecule has 0 unspecified atom stereocenters. The van der Waals surface area contributed by atoms with Crippen molar-refractivity contribution >= 4 is 27.1 Å². The predicted molar refractivity (Wildman–Crippen MR) is 74.5 cm³/mol. The molecule has 0 N–H and O–H groups in total. The lowest BCUT2D eigenvalue weighted by atomic mass is 10.1. The van der Waals surface area contributed by atoms with Crippen LogP contribution in [0.1, 0.15) is 0 Å². The fraction of sp³-hybridized carbons (Fsp3) is 0. The second-order valence-corrected chi connectivity index (χ2v) is 5.22. The third kappa shape index (κ3) is 1.65. The molecule has 0 aliphatic rings.